The zero-order valence-corrected chi connectivity index (χ0v) is 9.87. The highest BCUT2D eigenvalue weighted by atomic mass is 19.2. The summed E-state index contributed by atoms with van der Waals surface area (Å²) in [6.07, 6.45) is 2.76. The zero-order chi connectivity index (χ0) is 13.3. The zero-order valence-electron chi connectivity index (χ0n) is 9.87. The Bertz CT molecular complexity index is 432. The Morgan fingerprint density at radius 2 is 1.72 bits per heavy atom. The van der Waals surface area contributed by atoms with Gasteiger partial charge in [0.25, 0.3) is 0 Å². The minimum atomic E-state index is -1.54. The number of rotatable bonds is 3. The van der Waals surface area contributed by atoms with Gasteiger partial charge >= 0.3 is 0 Å². The largest absolute Gasteiger partial charge is 0.391 e. The Morgan fingerprint density at radius 3 is 2.33 bits per heavy atom. The van der Waals surface area contributed by atoms with Crippen LogP contribution in [0.5, 0.6) is 0 Å². The molecule has 1 aliphatic rings. The number of hydrogen-bond donors (Lipinski definition) is 2. The molecule has 0 unspecified atom stereocenters. The van der Waals surface area contributed by atoms with Crippen molar-refractivity contribution >= 4 is 0 Å². The Morgan fingerprint density at radius 1 is 1.11 bits per heavy atom. The van der Waals surface area contributed by atoms with Gasteiger partial charge in [-0.25, -0.2) is 13.2 Å². The summed E-state index contributed by atoms with van der Waals surface area (Å²) in [5.74, 6) is -4.09. The van der Waals surface area contributed by atoms with E-state index in [1.165, 1.54) is 0 Å². The van der Waals surface area contributed by atoms with E-state index in [9.17, 15) is 18.3 Å². The first-order valence-corrected chi connectivity index (χ1v) is 6.09. The van der Waals surface area contributed by atoms with Crippen molar-refractivity contribution in [1.82, 2.24) is 0 Å². The van der Waals surface area contributed by atoms with Crippen LogP contribution >= 0.6 is 0 Å². The number of halogens is 3. The number of aliphatic hydroxyl groups excluding tert-OH is 1. The van der Waals surface area contributed by atoms with Gasteiger partial charge in [0, 0.05) is 5.56 Å². The molecule has 0 radical (unpaired) electrons. The van der Waals surface area contributed by atoms with Crippen molar-refractivity contribution in [3.63, 3.8) is 0 Å². The predicted octanol–water partition coefficient (Wildman–Crippen LogP) is 2.65. The van der Waals surface area contributed by atoms with Crippen molar-refractivity contribution in [1.29, 1.82) is 0 Å². The van der Waals surface area contributed by atoms with Gasteiger partial charge in [0.1, 0.15) is 0 Å². The quantitative estimate of drug-likeness (QED) is 0.820. The Labute approximate surface area is 104 Å². The molecule has 0 amide bonds. The molecule has 1 fully saturated rings. The lowest BCUT2D eigenvalue weighted by Gasteiger charge is -2.25. The molecule has 0 heterocycles. The standard InChI is InChI=1S/C13H16F3NO/c14-9-6-5-8(10(15)11(9)16)12(17)13(18)7-3-1-2-4-7/h5-7,12-13,18H,1-4,17H2/t12-,13+/m0/s1. The highest BCUT2D eigenvalue weighted by Gasteiger charge is 2.31. The molecule has 3 N–H and O–H groups in total. The van der Waals surface area contributed by atoms with E-state index in [0.29, 0.717) is 0 Å². The summed E-state index contributed by atoms with van der Waals surface area (Å²) in [5, 5.41) is 10.0. The second-order valence-electron chi connectivity index (χ2n) is 4.83. The fourth-order valence-corrected chi connectivity index (χ4v) is 2.57. The fraction of sp³-hybridized carbons (Fsp3) is 0.538. The number of benzene rings is 1. The van der Waals surface area contributed by atoms with Crippen molar-refractivity contribution in [2.75, 3.05) is 0 Å². The first-order chi connectivity index (χ1) is 8.52. The van der Waals surface area contributed by atoms with Crippen LogP contribution < -0.4 is 5.73 Å². The molecular weight excluding hydrogens is 243 g/mol. The van der Waals surface area contributed by atoms with Gasteiger partial charge in [-0.05, 0) is 24.8 Å². The molecule has 1 aromatic rings. The van der Waals surface area contributed by atoms with Crippen molar-refractivity contribution in [2.24, 2.45) is 11.7 Å². The van der Waals surface area contributed by atoms with Crippen LogP contribution in [0.25, 0.3) is 0 Å². The smallest absolute Gasteiger partial charge is 0.194 e. The van der Waals surface area contributed by atoms with E-state index >= 15 is 0 Å². The van der Waals surface area contributed by atoms with Crippen LogP contribution in [0.4, 0.5) is 13.2 Å². The molecule has 1 saturated carbocycles. The highest BCUT2D eigenvalue weighted by Crippen LogP contribution is 2.33. The highest BCUT2D eigenvalue weighted by molar-refractivity contribution is 5.24. The average molecular weight is 259 g/mol. The molecule has 1 aromatic carbocycles. The summed E-state index contributed by atoms with van der Waals surface area (Å²) in [6, 6.07) is 0.897. The lowest BCUT2D eigenvalue weighted by molar-refractivity contribution is 0.0829. The lowest BCUT2D eigenvalue weighted by Crippen LogP contribution is -2.32. The maximum atomic E-state index is 13.6. The van der Waals surface area contributed by atoms with Crippen molar-refractivity contribution < 1.29 is 18.3 Å². The monoisotopic (exact) mass is 259 g/mol. The van der Waals surface area contributed by atoms with E-state index in [1.807, 2.05) is 0 Å². The predicted molar refractivity (Wildman–Crippen MR) is 61.2 cm³/mol. The number of aliphatic hydroxyl groups is 1. The summed E-state index contributed by atoms with van der Waals surface area (Å²) in [5.41, 5.74) is 5.59. The molecular formula is C13H16F3NO. The summed E-state index contributed by atoms with van der Waals surface area (Å²) < 4.78 is 39.5. The third kappa shape index (κ3) is 2.37. The minimum absolute atomic E-state index is 0.00696. The fourth-order valence-electron chi connectivity index (χ4n) is 2.57. The third-order valence-electron chi connectivity index (χ3n) is 3.67. The van der Waals surface area contributed by atoms with Crippen LogP contribution in [-0.4, -0.2) is 11.2 Å². The number of hydrogen-bond acceptors (Lipinski definition) is 2. The first-order valence-electron chi connectivity index (χ1n) is 6.09. The molecule has 18 heavy (non-hydrogen) atoms. The Balaban J connectivity index is 2.22. The van der Waals surface area contributed by atoms with Gasteiger partial charge in [0.15, 0.2) is 17.5 Å². The lowest BCUT2D eigenvalue weighted by atomic mass is 9.90. The van der Waals surface area contributed by atoms with Crippen LogP contribution in [-0.2, 0) is 0 Å². The normalized spacial score (nSPS) is 20.1. The summed E-state index contributed by atoms with van der Waals surface area (Å²) in [7, 11) is 0. The molecule has 5 heteroatoms. The van der Waals surface area contributed by atoms with Gasteiger partial charge in [0.2, 0.25) is 0 Å². The number of nitrogens with two attached hydrogens (primary N) is 1. The average Bonchev–Trinajstić information content (AvgIpc) is 2.88. The van der Waals surface area contributed by atoms with Crippen LogP contribution in [0.2, 0.25) is 0 Å². The first kappa shape index (κ1) is 13.4. The van der Waals surface area contributed by atoms with Crippen LogP contribution in [0.3, 0.4) is 0 Å². The maximum absolute atomic E-state index is 13.6. The van der Waals surface area contributed by atoms with Gasteiger partial charge < -0.3 is 10.8 Å². The molecule has 0 spiro atoms. The van der Waals surface area contributed by atoms with Crippen molar-refractivity contribution in [3.05, 3.63) is 35.1 Å². The molecule has 100 valence electrons. The van der Waals surface area contributed by atoms with Gasteiger partial charge in [-0.1, -0.05) is 18.9 Å². The minimum Gasteiger partial charge on any atom is -0.391 e. The van der Waals surface area contributed by atoms with Gasteiger partial charge in [-0.3, -0.25) is 0 Å². The van der Waals surface area contributed by atoms with E-state index in [1.54, 1.807) is 0 Å². The third-order valence-corrected chi connectivity index (χ3v) is 3.67. The van der Waals surface area contributed by atoms with E-state index in [-0.39, 0.29) is 11.5 Å². The second kappa shape index (κ2) is 5.28. The van der Waals surface area contributed by atoms with Gasteiger partial charge in [0.05, 0.1) is 12.1 Å². The molecule has 0 aliphatic heterocycles. The Kier molecular flexibility index (Phi) is 3.92. The summed E-state index contributed by atoms with van der Waals surface area (Å²) >= 11 is 0. The van der Waals surface area contributed by atoms with Gasteiger partial charge in [-0.15, -0.1) is 0 Å². The van der Waals surface area contributed by atoms with Crippen molar-refractivity contribution in [2.45, 2.75) is 37.8 Å². The molecule has 0 saturated heterocycles. The molecule has 0 aromatic heterocycles. The van der Waals surface area contributed by atoms with E-state index in [4.69, 9.17) is 5.73 Å². The summed E-state index contributed by atoms with van der Waals surface area (Å²) in [4.78, 5) is 0. The molecule has 0 bridgehead atoms. The van der Waals surface area contributed by atoms with Crippen LogP contribution in [0.15, 0.2) is 12.1 Å². The topological polar surface area (TPSA) is 46.2 Å². The van der Waals surface area contributed by atoms with E-state index in [2.05, 4.69) is 0 Å². The molecule has 2 rings (SSSR count). The maximum Gasteiger partial charge on any atom is 0.194 e. The molecule has 2 nitrogen and oxygen atoms in total. The van der Waals surface area contributed by atoms with Crippen molar-refractivity contribution in [3.8, 4) is 0 Å². The molecule has 2 atom stereocenters. The van der Waals surface area contributed by atoms with Crippen LogP contribution in [0, 0.1) is 23.4 Å². The molecule has 1 aliphatic carbocycles. The summed E-state index contributed by atoms with van der Waals surface area (Å²) in [6.45, 7) is 0. The van der Waals surface area contributed by atoms with E-state index < -0.39 is 29.6 Å². The Hall–Kier alpha value is -1.07. The van der Waals surface area contributed by atoms with Crippen LogP contribution in [0.1, 0.15) is 37.3 Å². The second-order valence-corrected chi connectivity index (χ2v) is 4.83. The van der Waals surface area contributed by atoms with E-state index in [0.717, 1.165) is 37.8 Å². The van der Waals surface area contributed by atoms with Gasteiger partial charge in [-0.2, -0.15) is 0 Å². The SMILES string of the molecule is N[C@@H](c1ccc(F)c(F)c1F)[C@H](O)C1CCCC1.